The van der Waals surface area contributed by atoms with Gasteiger partial charge < -0.3 is 10.3 Å². The summed E-state index contributed by atoms with van der Waals surface area (Å²) in [6.45, 7) is 6.47. The second kappa shape index (κ2) is 4.49. The number of rotatable bonds is 4. The Morgan fingerprint density at radius 1 is 1.43 bits per heavy atom. The molecule has 0 saturated heterocycles. The molecule has 0 aliphatic heterocycles. The van der Waals surface area contributed by atoms with Gasteiger partial charge in [0.15, 0.2) is 0 Å². The molecule has 80 valence electrons. The zero-order chi connectivity index (χ0) is 10.7. The van der Waals surface area contributed by atoms with E-state index in [4.69, 9.17) is 5.73 Å². The summed E-state index contributed by atoms with van der Waals surface area (Å²) < 4.78 is 2.01. The SMILES string of the molecule is CCCCc1nc(C(C)C)n(C)c1N. The van der Waals surface area contributed by atoms with Crippen molar-refractivity contribution in [1.82, 2.24) is 9.55 Å². The number of aryl methyl sites for hydroxylation is 1. The minimum absolute atomic E-state index is 0.442. The lowest BCUT2D eigenvalue weighted by molar-refractivity contribution is 0.711. The van der Waals surface area contributed by atoms with Crippen molar-refractivity contribution in [3.8, 4) is 0 Å². The molecule has 0 unspecified atom stereocenters. The highest BCUT2D eigenvalue weighted by Crippen LogP contribution is 2.20. The van der Waals surface area contributed by atoms with Crippen molar-refractivity contribution in [3.05, 3.63) is 11.5 Å². The van der Waals surface area contributed by atoms with Crippen LogP contribution < -0.4 is 5.73 Å². The first-order valence-electron chi connectivity index (χ1n) is 5.38. The fraction of sp³-hybridized carbons (Fsp3) is 0.727. The van der Waals surface area contributed by atoms with E-state index in [1.807, 2.05) is 11.6 Å². The maximum Gasteiger partial charge on any atom is 0.126 e. The van der Waals surface area contributed by atoms with Gasteiger partial charge in [-0.3, -0.25) is 0 Å². The third-order valence-corrected chi connectivity index (χ3v) is 2.53. The third-order valence-electron chi connectivity index (χ3n) is 2.53. The lowest BCUT2D eigenvalue weighted by Gasteiger charge is -2.04. The van der Waals surface area contributed by atoms with Crippen LogP contribution >= 0.6 is 0 Å². The van der Waals surface area contributed by atoms with E-state index in [1.165, 1.54) is 12.8 Å². The molecule has 0 fully saturated rings. The van der Waals surface area contributed by atoms with E-state index >= 15 is 0 Å². The van der Waals surface area contributed by atoms with Gasteiger partial charge in [0.2, 0.25) is 0 Å². The number of nitrogen functional groups attached to an aromatic ring is 1. The third kappa shape index (κ3) is 2.08. The molecule has 14 heavy (non-hydrogen) atoms. The van der Waals surface area contributed by atoms with E-state index in [9.17, 15) is 0 Å². The van der Waals surface area contributed by atoms with Gasteiger partial charge in [-0.25, -0.2) is 4.98 Å². The van der Waals surface area contributed by atoms with Crippen molar-refractivity contribution in [2.45, 2.75) is 46.0 Å². The molecule has 0 aromatic carbocycles. The molecular weight excluding hydrogens is 174 g/mol. The number of unbranched alkanes of at least 4 members (excludes halogenated alkanes) is 1. The van der Waals surface area contributed by atoms with Gasteiger partial charge in [0, 0.05) is 13.0 Å². The predicted molar refractivity (Wildman–Crippen MR) is 60.3 cm³/mol. The molecular formula is C11H21N3. The number of anilines is 1. The summed E-state index contributed by atoms with van der Waals surface area (Å²) in [5.41, 5.74) is 7.05. The van der Waals surface area contributed by atoms with Crippen LogP contribution in [0.25, 0.3) is 0 Å². The Kier molecular flexibility index (Phi) is 3.55. The summed E-state index contributed by atoms with van der Waals surface area (Å²) in [5.74, 6) is 2.37. The molecule has 1 heterocycles. The Hall–Kier alpha value is -0.990. The monoisotopic (exact) mass is 195 g/mol. The smallest absolute Gasteiger partial charge is 0.126 e. The average Bonchev–Trinajstić information content (AvgIpc) is 2.42. The maximum atomic E-state index is 5.98. The molecule has 0 aliphatic rings. The number of nitrogens with two attached hydrogens (primary N) is 1. The Morgan fingerprint density at radius 2 is 2.07 bits per heavy atom. The number of hydrogen-bond acceptors (Lipinski definition) is 2. The first-order chi connectivity index (χ1) is 6.57. The van der Waals surface area contributed by atoms with Gasteiger partial charge in [0.05, 0.1) is 5.69 Å². The van der Waals surface area contributed by atoms with Crippen molar-refractivity contribution in [1.29, 1.82) is 0 Å². The van der Waals surface area contributed by atoms with E-state index in [0.29, 0.717) is 5.92 Å². The van der Waals surface area contributed by atoms with E-state index < -0.39 is 0 Å². The van der Waals surface area contributed by atoms with E-state index in [1.54, 1.807) is 0 Å². The summed E-state index contributed by atoms with van der Waals surface area (Å²) in [7, 11) is 1.99. The van der Waals surface area contributed by atoms with Crippen LogP contribution in [0.1, 0.15) is 51.0 Å². The fourth-order valence-corrected chi connectivity index (χ4v) is 1.63. The van der Waals surface area contributed by atoms with Crippen LogP contribution in [0.3, 0.4) is 0 Å². The van der Waals surface area contributed by atoms with Crippen LogP contribution in [0, 0.1) is 0 Å². The van der Waals surface area contributed by atoms with Gasteiger partial charge >= 0.3 is 0 Å². The summed E-state index contributed by atoms with van der Waals surface area (Å²) >= 11 is 0. The Labute approximate surface area is 86.3 Å². The van der Waals surface area contributed by atoms with Gasteiger partial charge in [-0.05, 0) is 12.8 Å². The highest BCUT2D eigenvalue weighted by molar-refractivity contribution is 5.38. The van der Waals surface area contributed by atoms with Gasteiger partial charge in [-0.2, -0.15) is 0 Å². The summed E-state index contributed by atoms with van der Waals surface area (Å²) in [6, 6.07) is 0. The van der Waals surface area contributed by atoms with Crippen molar-refractivity contribution in [3.63, 3.8) is 0 Å². The average molecular weight is 195 g/mol. The molecule has 0 aliphatic carbocycles. The van der Waals surface area contributed by atoms with Gasteiger partial charge in [0.1, 0.15) is 11.6 Å². The second-order valence-electron chi connectivity index (χ2n) is 4.12. The zero-order valence-corrected chi connectivity index (χ0v) is 9.67. The molecule has 0 saturated carbocycles. The number of imidazole rings is 1. The molecule has 0 spiro atoms. The van der Waals surface area contributed by atoms with Crippen LogP contribution in [0.5, 0.6) is 0 Å². The summed E-state index contributed by atoms with van der Waals surface area (Å²) in [5, 5.41) is 0. The van der Waals surface area contributed by atoms with Crippen LogP contribution in [-0.2, 0) is 13.5 Å². The van der Waals surface area contributed by atoms with Crippen molar-refractivity contribution < 1.29 is 0 Å². The first-order valence-corrected chi connectivity index (χ1v) is 5.38. The number of hydrogen-bond donors (Lipinski definition) is 1. The van der Waals surface area contributed by atoms with Gasteiger partial charge in [-0.1, -0.05) is 27.2 Å². The molecule has 1 aromatic heterocycles. The van der Waals surface area contributed by atoms with Crippen LogP contribution in [-0.4, -0.2) is 9.55 Å². The molecule has 0 radical (unpaired) electrons. The van der Waals surface area contributed by atoms with Crippen molar-refractivity contribution in [2.24, 2.45) is 7.05 Å². The number of aromatic nitrogens is 2. The van der Waals surface area contributed by atoms with E-state index in [0.717, 1.165) is 23.8 Å². The quantitative estimate of drug-likeness (QED) is 0.802. The molecule has 0 bridgehead atoms. The molecule has 0 amide bonds. The zero-order valence-electron chi connectivity index (χ0n) is 9.67. The largest absolute Gasteiger partial charge is 0.384 e. The minimum atomic E-state index is 0.442. The molecule has 3 heteroatoms. The maximum absolute atomic E-state index is 5.98. The van der Waals surface area contributed by atoms with Crippen LogP contribution in [0.4, 0.5) is 5.82 Å². The Balaban J connectivity index is 2.91. The lowest BCUT2D eigenvalue weighted by Crippen LogP contribution is -2.03. The first kappa shape index (κ1) is 11.1. The molecule has 1 aromatic rings. The van der Waals surface area contributed by atoms with Gasteiger partial charge in [0.25, 0.3) is 0 Å². The molecule has 2 N–H and O–H groups in total. The van der Waals surface area contributed by atoms with Crippen LogP contribution in [0.2, 0.25) is 0 Å². The van der Waals surface area contributed by atoms with Gasteiger partial charge in [-0.15, -0.1) is 0 Å². The number of nitrogens with zero attached hydrogens (tertiary/aromatic N) is 2. The standard InChI is InChI=1S/C11H21N3/c1-5-6-7-9-10(12)14(4)11(13-9)8(2)3/h8H,5-7,12H2,1-4H3. The second-order valence-corrected chi connectivity index (χ2v) is 4.12. The van der Waals surface area contributed by atoms with E-state index in [-0.39, 0.29) is 0 Å². The van der Waals surface area contributed by atoms with Crippen molar-refractivity contribution >= 4 is 5.82 Å². The highest BCUT2D eigenvalue weighted by atomic mass is 15.1. The summed E-state index contributed by atoms with van der Waals surface area (Å²) in [4.78, 5) is 4.58. The fourth-order valence-electron chi connectivity index (χ4n) is 1.63. The molecule has 0 atom stereocenters. The Morgan fingerprint density at radius 3 is 2.50 bits per heavy atom. The topological polar surface area (TPSA) is 43.8 Å². The van der Waals surface area contributed by atoms with Crippen LogP contribution in [0.15, 0.2) is 0 Å². The Bertz CT molecular complexity index is 300. The van der Waals surface area contributed by atoms with E-state index in [2.05, 4.69) is 25.8 Å². The minimum Gasteiger partial charge on any atom is -0.384 e. The van der Waals surface area contributed by atoms with Crippen molar-refractivity contribution in [2.75, 3.05) is 5.73 Å². The molecule has 3 nitrogen and oxygen atoms in total. The summed E-state index contributed by atoms with van der Waals surface area (Å²) in [6.07, 6.45) is 3.36. The highest BCUT2D eigenvalue weighted by Gasteiger charge is 2.13. The molecule has 1 rings (SSSR count). The lowest BCUT2D eigenvalue weighted by atomic mass is 10.2. The predicted octanol–water partition coefficient (Wildman–Crippen LogP) is 2.47. The normalized spacial score (nSPS) is 11.2.